The average Bonchev–Trinajstić information content (AvgIpc) is 3.08. The van der Waals surface area contributed by atoms with Crippen LogP contribution in [0.4, 0.5) is 24.8 Å². The Kier molecular flexibility index (Phi) is 9.69. The number of aromatic nitrogens is 3. The minimum Gasteiger partial charge on any atom is -0.609 e. The number of anilines is 2. The summed E-state index contributed by atoms with van der Waals surface area (Å²) in [7, 11) is 3.13. The van der Waals surface area contributed by atoms with Gasteiger partial charge >= 0.3 is 17.0 Å². The van der Waals surface area contributed by atoms with Gasteiger partial charge in [-0.3, -0.25) is 0 Å². The molecule has 0 aliphatic carbocycles. The van der Waals surface area contributed by atoms with Crippen molar-refractivity contribution in [1.82, 2.24) is 15.0 Å². The Balaban J connectivity index is 1.56. The fraction of sp³-hybridized carbons (Fsp3) is 0.333. The molecule has 1 fully saturated rings. The number of halogens is 3. The van der Waals surface area contributed by atoms with Crippen LogP contribution in [0.25, 0.3) is 22.4 Å². The van der Waals surface area contributed by atoms with Crippen LogP contribution in [-0.4, -0.2) is 52.6 Å². The zero-order valence-electron chi connectivity index (χ0n) is 28.4. The fourth-order valence-electron chi connectivity index (χ4n) is 6.07. The molecule has 0 saturated carbocycles. The fourth-order valence-corrected chi connectivity index (χ4v) is 6.50. The van der Waals surface area contributed by atoms with Crippen molar-refractivity contribution in [3.8, 4) is 23.0 Å². The van der Waals surface area contributed by atoms with Gasteiger partial charge in [0.25, 0.3) is 0 Å². The van der Waals surface area contributed by atoms with Crippen LogP contribution in [0.1, 0.15) is 41.2 Å². The number of alkyl halides is 3. The number of aryl methyl sites for hydroxylation is 2. The zero-order chi connectivity index (χ0) is 35.9. The number of nitrogens with zero attached hydrogens (tertiary/aromatic N) is 5. The molecule has 2 atom stereocenters. The molecule has 0 N–H and O–H groups in total. The van der Waals surface area contributed by atoms with E-state index in [-0.39, 0.29) is 63.7 Å². The second-order valence-corrected chi connectivity index (χ2v) is 13.5. The number of hydrogen-bond acceptors (Lipinski definition) is 10. The molecule has 1 saturated heterocycles. The number of ether oxygens (including phenoxy) is 2. The van der Waals surface area contributed by atoms with Crippen LogP contribution in [0.2, 0.25) is 0 Å². The lowest BCUT2D eigenvalue weighted by molar-refractivity contribution is -0.137. The lowest BCUT2D eigenvalue weighted by atomic mass is 10.0. The molecular weight excluding hydrogens is 671 g/mol. The van der Waals surface area contributed by atoms with Crippen molar-refractivity contribution in [2.45, 2.75) is 57.7 Å². The topological polar surface area (TPSA) is 117 Å². The van der Waals surface area contributed by atoms with Crippen molar-refractivity contribution in [3.05, 3.63) is 92.8 Å². The van der Waals surface area contributed by atoms with Gasteiger partial charge in [0.05, 0.1) is 25.3 Å². The van der Waals surface area contributed by atoms with Gasteiger partial charge in [0.2, 0.25) is 0 Å². The summed E-state index contributed by atoms with van der Waals surface area (Å²) in [6.07, 6.45) is -2.59. The van der Waals surface area contributed by atoms with E-state index in [2.05, 4.69) is 15.0 Å². The van der Waals surface area contributed by atoms with E-state index in [4.69, 9.17) is 13.9 Å². The van der Waals surface area contributed by atoms with Gasteiger partial charge in [-0.25, -0.2) is 9.78 Å². The van der Waals surface area contributed by atoms with E-state index < -0.39 is 34.2 Å². The molecular formula is C36H36F3N5O5S. The monoisotopic (exact) mass is 707 g/mol. The molecule has 0 radical (unpaired) electrons. The molecule has 2 aromatic carbocycles. The highest BCUT2D eigenvalue weighted by molar-refractivity contribution is 7.90. The van der Waals surface area contributed by atoms with Gasteiger partial charge in [-0.2, -0.15) is 23.1 Å². The van der Waals surface area contributed by atoms with E-state index >= 15 is 0 Å². The lowest BCUT2D eigenvalue weighted by Gasteiger charge is -2.39. The van der Waals surface area contributed by atoms with E-state index in [1.165, 1.54) is 26.2 Å². The second-order valence-electron chi connectivity index (χ2n) is 12.3. The van der Waals surface area contributed by atoms with E-state index in [1.54, 1.807) is 38.5 Å². The van der Waals surface area contributed by atoms with E-state index in [1.807, 2.05) is 41.0 Å². The molecule has 262 valence electrons. The summed E-state index contributed by atoms with van der Waals surface area (Å²) in [5.41, 5.74) is -0.667. The summed E-state index contributed by atoms with van der Waals surface area (Å²) in [5, 5.41) is -0.0144. The molecule has 0 bridgehead atoms. The lowest BCUT2D eigenvalue weighted by Crippen LogP contribution is -2.46. The summed E-state index contributed by atoms with van der Waals surface area (Å²) >= 11 is -1.64. The first-order chi connectivity index (χ1) is 23.8. The van der Waals surface area contributed by atoms with Crippen LogP contribution in [0.3, 0.4) is 0 Å². The van der Waals surface area contributed by atoms with Crippen LogP contribution in [0.5, 0.6) is 11.5 Å². The van der Waals surface area contributed by atoms with Crippen molar-refractivity contribution in [1.29, 1.82) is 0 Å². The highest BCUT2D eigenvalue weighted by Crippen LogP contribution is 2.42. The molecule has 6 rings (SSSR count). The van der Waals surface area contributed by atoms with Gasteiger partial charge in [-0.05, 0) is 74.2 Å². The highest BCUT2D eigenvalue weighted by atomic mass is 32.2. The Labute approximate surface area is 290 Å². The molecule has 0 amide bonds. The standard InChI is InChI=1S/C36H36F3N5O5S/c1-20-17-27(43(18-23-7-11-25(47-4)12-8-23)19-24-9-13-26(48-5)14-10-24)40-31(29(20)36(37,38)39)32-22(3)30-28(34(45)49-32)33(44-16-15-21(44)2)42-35(41-30)50(6)46/h7-14,17,21H,15-16,18-19H2,1-6H3/t21-,50?/m1/s1. The minimum atomic E-state index is -4.85. The molecule has 14 heteroatoms. The molecule has 1 aliphatic rings. The van der Waals surface area contributed by atoms with Gasteiger partial charge in [0.15, 0.2) is 11.6 Å². The number of rotatable bonds is 10. The Morgan fingerprint density at radius 3 is 2.02 bits per heavy atom. The molecule has 4 heterocycles. The summed E-state index contributed by atoms with van der Waals surface area (Å²) in [4.78, 5) is 30.9. The second kappa shape index (κ2) is 13.8. The Bertz CT molecular complexity index is 2040. The van der Waals surface area contributed by atoms with Crippen molar-refractivity contribution >= 4 is 33.7 Å². The molecule has 5 aromatic rings. The summed E-state index contributed by atoms with van der Waals surface area (Å²) < 4.78 is 73.6. The number of fused-ring (bicyclic) bond motifs is 1. The van der Waals surface area contributed by atoms with Crippen molar-refractivity contribution in [2.24, 2.45) is 0 Å². The predicted molar refractivity (Wildman–Crippen MR) is 185 cm³/mol. The SMILES string of the molecule is COc1ccc(CN(Cc2ccc(OC)cc2)c2cc(C)c(C(F)(F)F)c(-c3oc(=O)c4c(N5CC[C@H]5C)nc([S+](C)[O-])nc4c3C)n2)cc1. The molecule has 3 aromatic heterocycles. The molecule has 50 heavy (non-hydrogen) atoms. The Morgan fingerprint density at radius 1 is 0.980 bits per heavy atom. The first-order valence-corrected chi connectivity index (χ1v) is 17.4. The normalized spacial score (nSPS) is 15.2. The molecule has 10 nitrogen and oxygen atoms in total. The van der Waals surface area contributed by atoms with Gasteiger partial charge in [0, 0.05) is 42.4 Å². The van der Waals surface area contributed by atoms with Crippen LogP contribution in [0, 0.1) is 13.8 Å². The summed E-state index contributed by atoms with van der Waals surface area (Å²) in [5.74, 6) is 1.43. The smallest absolute Gasteiger partial charge is 0.418 e. The largest absolute Gasteiger partial charge is 0.609 e. The van der Waals surface area contributed by atoms with Crippen molar-refractivity contribution in [3.63, 3.8) is 0 Å². The van der Waals surface area contributed by atoms with Crippen LogP contribution >= 0.6 is 0 Å². The molecule has 0 spiro atoms. The number of benzene rings is 2. The van der Waals surface area contributed by atoms with E-state index in [0.717, 1.165) is 17.5 Å². The molecule has 1 aliphatic heterocycles. The third kappa shape index (κ3) is 6.81. The number of pyridine rings is 1. The van der Waals surface area contributed by atoms with Crippen molar-refractivity contribution in [2.75, 3.05) is 36.8 Å². The summed E-state index contributed by atoms with van der Waals surface area (Å²) in [6, 6.07) is 16.1. The van der Waals surface area contributed by atoms with E-state index in [0.29, 0.717) is 18.0 Å². The zero-order valence-corrected chi connectivity index (χ0v) is 29.2. The van der Waals surface area contributed by atoms with Crippen molar-refractivity contribution < 1.29 is 31.6 Å². The average molecular weight is 708 g/mol. The quantitative estimate of drug-likeness (QED) is 0.113. The highest BCUT2D eigenvalue weighted by Gasteiger charge is 2.39. The minimum absolute atomic E-state index is 0.0223. The van der Waals surface area contributed by atoms with Crippen LogP contribution < -0.4 is 24.9 Å². The first-order valence-electron chi connectivity index (χ1n) is 15.8. The van der Waals surface area contributed by atoms with E-state index in [9.17, 15) is 22.5 Å². The predicted octanol–water partition coefficient (Wildman–Crippen LogP) is 6.84. The number of methoxy groups -OCH3 is 2. The van der Waals surface area contributed by atoms with Crippen LogP contribution in [-0.2, 0) is 30.4 Å². The van der Waals surface area contributed by atoms with Gasteiger partial charge in [-0.1, -0.05) is 24.3 Å². The maximum absolute atomic E-state index is 14.9. The maximum atomic E-state index is 14.9. The van der Waals surface area contributed by atoms with Crippen LogP contribution in [0.15, 0.2) is 69.0 Å². The van der Waals surface area contributed by atoms with Gasteiger partial charge in [0.1, 0.15) is 34.7 Å². The Hall–Kier alpha value is -4.82. The van der Waals surface area contributed by atoms with Gasteiger partial charge in [-0.15, -0.1) is 0 Å². The third-order valence-corrected chi connectivity index (χ3v) is 9.60. The first kappa shape index (κ1) is 35.0. The number of hydrogen-bond donors (Lipinski definition) is 0. The third-order valence-electron chi connectivity index (χ3n) is 8.90. The Morgan fingerprint density at radius 2 is 1.56 bits per heavy atom. The molecule has 1 unspecified atom stereocenters. The summed E-state index contributed by atoms with van der Waals surface area (Å²) in [6.45, 7) is 6.00. The van der Waals surface area contributed by atoms with Gasteiger partial charge < -0.3 is 28.2 Å². The maximum Gasteiger partial charge on any atom is 0.418 e.